The molecular weight excluding hydrogens is 142 g/mol. The first-order valence-electron chi connectivity index (χ1n) is 3.82. The lowest BCUT2D eigenvalue weighted by Crippen LogP contribution is -2.47. The lowest BCUT2D eigenvalue weighted by Gasteiger charge is -2.33. The maximum Gasteiger partial charge on any atom is 0.308 e. The second-order valence-electron chi connectivity index (χ2n) is 2.83. The van der Waals surface area contributed by atoms with Gasteiger partial charge in [-0.15, -0.1) is 6.58 Å². The van der Waals surface area contributed by atoms with Crippen molar-refractivity contribution < 1.29 is 9.90 Å². The highest BCUT2D eigenvalue weighted by atomic mass is 16.4. The van der Waals surface area contributed by atoms with Crippen molar-refractivity contribution in [2.24, 2.45) is 5.92 Å². The molecule has 1 aliphatic rings. The first-order valence-corrected chi connectivity index (χ1v) is 3.82. The minimum Gasteiger partial charge on any atom is -0.481 e. The fraction of sp³-hybridized carbons (Fsp3) is 0.625. The molecule has 3 nitrogen and oxygen atoms in total. The van der Waals surface area contributed by atoms with E-state index in [1.807, 2.05) is 0 Å². The van der Waals surface area contributed by atoms with Crippen LogP contribution in [0.4, 0.5) is 0 Å². The highest BCUT2D eigenvalue weighted by Crippen LogP contribution is 2.27. The largest absolute Gasteiger partial charge is 0.481 e. The highest BCUT2D eigenvalue weighted by molar-refractivity contribution is 5.72. The van der Waals surface area contributed by atoms with Crippen molar-refractivity contribution in [1.82, 2.24) is 5.32 Å². The third-order valence-corrected chi connectivity index (χ3v) is 2.12. The molecule has 11 heavy (non-hydrogen) atoms. The molecule has 2 N–H and O–H groups in total. The van der Waals surface area contributed by atoms with Crippen LogP contribution in [0.2, 0.25) is 0 Å². The Morgan fingerprint density at radius 2 is 2.45 bits per heavy atom. The molecule has 0 spiro atoms. The van der Waals surface area contributed by atoms with E-state index in [-0.39, 0.29) is 12.0 Å². The Hall–Kier alpha value is -0.830. The second kappa shape index (κ2) is 3.53. The molecule has 0 saturated heterocycles. The van der Waals surface area contributed by atoms with Gasteiger partial charge in [0.2, 0.25) is 0 Å². The fourth-order valence-electron chi connectivity index (χ4n) is 1.27. The zero-order valence-corrected chi connectivity index (χ0v) is 6.42. The molecule has 1 aliphatic carbocycles. The number of rotatable bonds is 4. The second-order valence-corrected chi connectivity index (χ2v) is 2.83. The first-order chi connectivity index (χ1) is 5.25. The van der Waals surface area contributed by atoms with Gasteiger partial charge in [-0.1, -0.05) is 6.08 Å². The number of carboxylic acids is 1. The summed E-state index contributed by atoms with van der Waals surface area (Å²) in [6, 6.07) is 0.172. The molecule has 0 bridgehead atoms. The minimum absolute atomic E-state index is 0.171. The first kappa shape index (κ1) is 8.27. The van der Waals surface area contributed by atoms with Gasteiger partial charge in [0.15, 0.2) is 0 Å². The standard InChI is InChI=1S/C8H13NO2/c1-2-5-9-7-4-3-6(7)8(10)11/h2,6-7,9H,1,3-5H2,(H,10,11). The molecule has 0 aromatic rings. The summed E-state index contributed by atoms with van der Waals surface area (Å²) in [7, 11) is 0. The molecule has 0 aliphatic heterocycles. The maximum absolute atomic E-state index is 10.5. The normalized spacial score (nSPS) is 29.1. The van der Waals surface area contributed by atoms with Crippen LogP contribution < -0.4 is 5.32 Å². The summed E-state index contributed by atoms with van der Waals surface area (Å²) in [4.78, 5) is 10.5. The molecule has 1 saturated carbocycles. The van der Waals surface area contributed by atoms with Gasteiger partial charge in [0.25, 0.3) is 0 Å². The van der Waals surface area contributed by atoms with Crippen LogP contribution in [0.3, 0.4) is 0 Å². The van der Waals surface area contributed by atoms with E-state index >= 15 is 0 Å². The fourth-order valence-corrected chi connectivity index (χ4v) is 1.27. The molecular formula is C8H13NO2. The quantitative estimate of drug-likeness (QED) is 0.585. The SMILES string of the molecule is C=CCNC1CCC1C(=O)O. The summed E-state index contributed by atoms with van der Waals surface area (Å²) >= 11 is 0. The van der Waals surface area contributed by atoms with Crippen LogP contribution in [-0.4, -0.2) is 23.7 Å². The van der Waals surface area contributed by atoms with Gasteiger partial charge in [-0.05, 0) is 12.8 Å². The van der Waals surface area contributed by atoms with Gasteiger partial charge >= 0.3 is 5.97 Å². The van der Waals surface area contributed by atoms with Gasteiger partial charge in [0, 0.05) is 12.6 Å². The van der Waals surface area contributed by atoms with E-state index < -0.39 is 5.97 Å². The summed E-state index contributed by atoms with van der Waals surface area (Å²) in [5.41, 5.74) is 0. The van der Waals surface area contributed by atoms with E-state index in [1.165, 1.54) is 0 Å². The number of carbonyl (C=O) groups is 1. The Balaban J connectivity index is 2.25. The molecule has 2 unspecified atom stereocenters. The number of aliphatic carboxylic acids is 1. The van der Waals surface area contributed by atoms with Crippen LogP contribution in [0, 0.1) is 5.92 Å². The molecule has 0 aromatic carbocycles. The van der Waals surface area contributed by atoms with Gasteiger partial charge in [-0.25, -0.2) is 0 Å². The predicted octanol–water partition coefficient (Wildman–Crippen LogP) is 0.625. The number of hydrogen-bond donors (Lipinski definition) is 2. The average Bonchev–Trinajstić information content (AvgIpc) is 1.84. The molecule has 1 fully saturated rings. The highest BCUT2D eigenvalue weighted by Gasteiger charge is 2.35. The number of carboxylic acid groups (broad SMARTS) is 1. The topological polar surface area (TPSA) is 49.3 Å². The number of hydrogen-bond acceptors (Lipinski definition) is 2. The predicted molar refractivity (Wildman–Crippen MR) is 42.3 cm³/mol. The third kappa shape index (κ3) is 1.80. The van der Waals surface area contributed by atoms with Crippen LogP contribution in [-0.2, 0) is 4.79 Å². The van der Waals surface area contributed by atoms with Gasteiger partial charge in [-0.3, -0.25) is 4.79 Å². The summed E-state index contributed by atoms with van der Waals surface area (Å²) < 4.78 is 0. The van der Waals surface area contributed by atoms with Crippen molar-refractivity contribution in [2.45, 2.75) is 18.9 Å². The smallest absolute Gasteiger partial charge is 0.308 e. The number of nitrogens with one attached hydrogen (secondary N) is 1. The van der Waals surface area contributed by atoms with E-state index in [4.69, 9.17) is 5.11 Å². The zero-order chi connectivity index (χ0) is 8.27. The Kier molecular flexibility index (Phi) is 2.65. The van der Waals surface area contributed by atoms with E-state index in [0.29, 0.717) is 6.54 Å². The minimum atomic E-state index is -0.683. The Labute approximate surface area is 66.1 Å². The van der Waals surface area contributed by atoms with Gasteiger partial charge in [0.1, 0.15) is 0 Å². The van der Waals surface area contributed by atoms with Crippen LogP contribution in [0.5, 0.6) is 0 Å². The van der Waals surface area contributed by atoms with Crippen LogP contribution in [0.15, 0.2) is 12.7 Å². The van der Waals surface area contributed by atoms with Crippen LogP contribution >= 0.6 is 0 Å². The van der Waals surface area contributed by atoms with E-state index in [9.17, 15) is 4.79 Å². The molecule has 0 radical (unpaired) electrons. The molecule has 0 heterocycles. The van der Waals surface area contributed by atoms with Crippen LogP contribution in [0.1, 0.15) is 12.8 Å². The van der Waals surface area contributed by atoms with Gasteiger partial charge < -0.3 is 10.4 Å². The molecule has 0 aromatic heterocycles. The lowest BCUT2D eigenvalue weighted by atomic mass is 9.79. The molecule has 3 heteroatoms. The van der Waals surface area contributed by atoms with Gasteiger partial charge in [0.05, 0.1) is 5.92 Å². The van der Waals surface area contributed by atoms with Crippen molar-refractivity contribution in [2.75, 3.05) is 6.54 Å². The van der Waals surface area contributed by atoms with E-state index in [2.05, 4.69) is 11.9 Å². The summed E-state index contributed by atoms with van der Waals surface area (Å²) in [6.07, 6.45) is 3.53. The Morgan fingerprint density at radius 1 is 1.73 bits per heavy atom. The Bertz CT molecular complexity index is 167. The van der Waals surface area contributed by atoms with Crippen molar-refractivity contribution in [3.05, 3.63) is 12.7 Å². The molecule has 62 valence electrons. The summed E-state index contributed by atoms with van der Waals surface area (Å²) in [5.74, 6) is -0.854. The third-order valence-electron chi connectivity index (χ3n) is 2.12. The zero-order valence-electron chi connectivity index (χ0n) is 6.42. The van der Waals surface area contributed by atoms with Crippen molar-refractivity contribution in [1.29, 1.82) is 0 Å². The summed E-state index contributed by atoms with van der Waals surface area (Å²) in [5, 5.41) is 11.7. The van der Waals surface area contributed by atoms with Crippen LogP contribution in [0.25, 0.3) is 0 Å². The Morgan fingerprint density at radius 3 is 2.82 bits per heavy atom. The maximum atomic E-state index is 10.5. The van der Waals surface area contributed by atoms with E-state index in [0.717, 1.165) is 12.8 Å². The van der Waals surface area contributed by atoms with Crippen molar-refractivity contribution in [3.8, 4) is 0 Å². The van der Waals surface area contributed by atoms with Crippen molar-refractivity contribution in [3.63, 3.8) is 0 Å². The summed E-state index contributed by atoms with van der Waals surface area (Å²) in [6.45, 7) is 4.25. The average molecular weight is 155 g/mol. The van der Waals surface area contributed by atoms with E-state index in [1.54, 1.807) is 6.08 Å². The molecule has 2 atom stereocenters. The van der Waals surface area contributed by atoms with Crippen molar-refractivity contribution >= 4 is 5.97 Å². The molecule has 0 amide bonds. The molecule has 1 rings (SSSR count). The lowest BCUT2D eigenvalue weighted by molar-refractivity contribution is -0.145. The monoisotopic (exact) mass is 155 g/mol. The van der Waals surface area contributed by atoms with Gasteiger partial charge in [-0.2, -0.15) is 0 Å².